The van der Waals surface area contributed by atoms with E-state index in [9.17, 15) is 18.3 Å². The largest absolute Gasteiger partial charge is 0.545 e. The van der Waals surface area contributed by atoms with Gasteiger partial charge in [-0.1, -0.05) is 12.1 Å². The summed E-state index contributed by atoms with van der Waals surface area (Å²) in [5.74, 6) is -1.43. The fourth-order valence-corrected chi connectivity index (χ4v) is 2.72. The highest BCUT2D eigenvalue weighted by molar-refractivity contribution is 7.89. The van der Waals surface area contributed by atoms with Crippen LogP contribution in [-0.4, -0.2) is 32.6 Å². The molecule has 0 heterocycles. The number of benzene rings is 1. The molecule has 1 aromatic rings. The number of aliphatic hydroxyl groups excluding tert-OH is 1. The van der Waals surface area contributed by atoms with E-state index in [1.165, 1.54) is 12.1 Å². The molecule has 2 N–H and O–H groups in total. The lowest BCUT2D eigenvalue weighted by Gasteiger charge is -2.11. The molecule has 0 fully saturated rings. The Morgan fingerprint density at radius 2 is 2.11 bits per heavy atom. The van der Waals surface area contributed by atoms with Crippen LogP contribution in [0, 0.1) is 6.92 Å². The van der Waals surface area contributed by atoms with E-state index in [-0.39, 0.29) is 23.6 Å². The minimum Gasteiger partial charge on any atom is -0.545 e. The van der Waals surface area contributed by atoms with Crippen molar-refractivity contribution in [2.75, 3.05) is 13.2 Å². The molecule has 0 aliphatic rings. The molecular weight excluding hydrogens is 258 g/mol. The van der Waals surface area contributed by atoms with Crippen molar-refractivity contribution in [1.29, 1.82) is 0 Å². The molecule has 0 unspecified atom stereocenters. The SMILES string of the molecule is Cc1ccc(C(=O)[O-])cc1S(=O)(=O)NCCCO. The van der Waals surface area contributed by atoms with Crippen LogP contribution in [0.3, 0.4) is 0 Å². The summed E-state index contributed by atoms with van der Waals surface area (Å²) in [4.78, 5) is 10.6. The Kier molecular flexibility index (Phi) is 4.83. The lowest BCUT2D eigenvalue weighted by Crippen LogP contribution is -2.27. The summed E-state index contributed by atoms with van der Waals surface area (Å²) >= 11 is 0. The lowest BCUT2D eigenvalue weighted by molar-refractivity contribution is -0.255. The van der Waals surface area contributed by atoms with Crippen LogP contribution >= 0.6 is 0 Å². The smallest absolute Gasteiger partial charge is 0.240 e. The normalized spacial score (nSPS) is 11.4. The Hall–Kier alpha value is -1.44. The number of nitrogens with one attached hydrogen (secondary N) is 1. The summed E-state index contributed by atoms with van der Waals surface area (Å²) < 4.78 is 26.1. The van der Waals surface area contributed by atoms with Crippen LogP contribution in [0.5, 0.6) is 0 Å². The van der Waals surface area contributed by atoms with Crippen molar-refractivity contribution in [3.63, 3.8) is 0 Å². The van der Waals surface area contributed by atoms with Gasteiger partial charge in [-0.2, -0.15) is 0 Å². The first-order chi connectivity index (χ1) is 8.38. The topological polar surface area (TPSA) is 107 Å². The Labute approximate surface area is 105 Å². The molecule has 7 heteroatoms. The van der Waals surface area contributed by atoms with Gasteiger partial charge < -0.3 is 15.0 Å². The number of aromatic carboxylic acids is 1. The quantitative estimate of drug-likeness (QED) is 0.647. The van der Waals surface area contributed by atoms with Gasteiger partial charge in [0, 0.05) is 13.2 Å². The number of carbonyl (C=O) groups excluding carboxylic acids is 1. The molecule has 0 aliphatic heterocycles. The maximum atomic E-state index is 11.9. The summed E-state index contributed by atoms with van der Waals surface area (Å²) in [6.07, 6.45) is 0.290. The van der Waals surface area contributed by atoms with Gasteiger partial charge in [-0.3, -0.25) is 0 Å². The Bertz CT molecular complexity index is 538. The number of hydrogen-bond acceptors (Lipinski definition) is 5. The van der Waals surface area contributed by atoms with E-state index >= 15 is 0 Å². The van der Waals surface area contributed by atoms with E-state index in [1.54, 1.807) is 6.92 Å². The summed E-state index contributed by atoms with van der Waals surface area (Å²) in [5.41, 5.74) is 0.250. The number of rotatable bonds is 6. The van der Waals surface area contributed by atoms with E-state index in [0.29, 0.717) is 12.0 Å². The predicted molar refractivity (Wildman–Crippen MR) is 62.4 cm³/mol. The van der Waals surface area contributed by atoms with Gasteiger partial charge in [0.2, 0.25) is 10.0 Å². The maximum absolute atomic E-state index is 11.9. The van der Waals surface area contributed by atoms with E-state index < -0.39 is 16.0 Å². The first kappa shape index (κ1) is 14.6. The van der Waals surface area contributed by atoms with Gasteiger partial charge in [-0.25, -0.2) is 13.1 Å². The molecule has 1 aromatic carbocycles. The van der Waals surface area contributed by atoms with Crippen LogP contribution in [0.15, 0.2) is 23.1 Å². The van der Waals surface area contributed by atoms with Crippen LogP contribution in [0.2, 0.25) is 0 Å². The van der Waals surface area contributed by atoms with E-state index in [4.69, 9.17) is 5.11 Å². The second-order valence-corrected chi connectivity index (χ2v) is 5.48. The average molecular weight is 272 g/mol. The Balaban J connectivity index is 3.07. The second-order valence-electron chi connectivity index (χ2n) is 3.74. The van der Waals surface area contributed by atoms with Gasteiger partial charge in [-0.15, -0.1) is 0 Å². The van der Waals surface area contributed by atoms with Gasteiger partial charge in [0.15, 0.2) is 0 Å². The third-order valence-corrected chi connectivity index (χ3v) is 3.94. The van der Waals surface area contributed by atoms with E-state index in [2.05, 4.69) is 4.72 Å². The molecule has 6 nitrogen and oxygen atoms in total. The molecular formula is C11H14NO5S-. The fraction of sp³-hybridized carbons (Fsp3) is 0.364. The van der Waals surface area contributed by atoms with Crippen LogP contribution in [0.1, 0.15) is 22.3 Å². The first-order valence-electron chi connectivity index (χ1n) is 5.31. The van der Waals surface area contributed by atoms with Crippen molar-refractivity contribution in [2.24, 2.45) is 0 Å². The minimum absolute atomic E-state index is 0.0911. The van der Waals surface area contributed by atoms with Crippen molar-refractivity contribution >= 4 is 16.0 Å². The van der Waals surface area contributed by atoms with E-state index in [0.717, 1.165) is 6.07 Å². The number of aliphatic hydroxyl groups is 1. The van der Waals surface area contributed by atoms with E-state index in [1.807, 2.05) is 0 Å². The maximum Gasteiger partial charge on any atom is 0.240 e. The van der Waals surface area contributed by atoms with Crippen LogP contribution in [0.25, 0.3) is 0 Å². The second kappa shape index (κ2) is 5.94. The number of aryl methyl sites for hydroxylation is 1. The minimum atomic E-state index is -3.77. The number of carboxylic acids is 1. The zero-order valence-electron chi connectivity index (χ0n) is 9.84. The Morgan fingerprint density at radius 3 is 2.67 bits per heavy atom. The van der Waals surface area contributed by atoms with Crippen molar-refractivity contribution in [1.82, 2.24) is 4.72 Å². The third kappa shape index (κ3) is 3.52. The number of carboxylic acid groups (broad SMARTS) is 1. The van der Waals surface area contributed by atoms with Gasteiger partial charge in [-0.05, 0) is 30.5 Å². The van der Waals surface area contributed by atoms with Crippen molar-refractivity contribution < 1.29 is 23.4 Å². The average Bonchev–Trinajstić information content (AvgIpc) is 2.29. The fourth-order valence-electron chi connectivity index (χ4n) is 1.38. The molecule has 0 amide bonds. The van der Waals surface area contributed by atoms with Gasteiger partial charge in [0.25, 0.3) is 0 Å². The molecule has 0 saturated heterocycles. The lowest BCUT2D eigenvalue weighted by atomic mass is 10.1. The third-order valence-electron chi connectivity index (χ3n) is 2.34. The summed E-state index contributed by atoms with van der Waals surface area (Å²) in [5, 5.41) is 19.3. The highest BCUT2D eigenvalue weighted by Crippen LogP contribution is 2.16. The first-order valence-corrected chi connectivity index (χ1v) is 6.79. The molecule has 0 radical (unpaired) electrons. The molecule has 0 atom stereocenters. The number of hydrogen-bond donors (Lipinski definition) is 2. The molecule has 18 heavy (non-hydrogen) atoms. The zero-order chi connectivity index (χ0) is 13.8. The van der Waals surface area contributed by atoms with Crippen LogP contribution in [-0.2, 0) is 10.0 Å². The van der Waals surface area contributed by atoms with Gasteiger partial charge in [0.05, 0.1) is 10.9 Å². The molecule has 0 spiro atoms. The van der Waals surface area contributed by atoms with Crippen LogP contribution < -0.4 is 9.83 Å². The van der Waals surface area contributed by atoms with Crippen molar-refractivity contribution in [3.8, 4) is 0 Å². The summed E-state index contributed by atoms with van der Waals surface area (Å²) in [7, 11) is -3.77. The molecule has 1 rings (SSSR count). The zero-order valence-corrected chi connectivity index (χ0v) is 10.7. The van der Waals surface area contributed by atoms with Gasteiger partial charge >= 0.3 is 0 Å². The highest BCUT2D eigenvalue weighted by atomic mass is 32.2. The molecule has 0 bridgehead atoms. The monoisotopic (exact) mass is 272 g/mol. The standard InChI is InChI=1S/C11H15NO5S/c1-8-3-4-9(11(14)15)7-10(8)18(16,17)12-5-2-6-13/h3-4,7,12-13H,2,5-6H2,1H3,(H,14,15)/p-1. The number of sulfonamides is 1. The predicted octanol–water partition coefficient (Wildman–Crippen LogP) is -0.981. The molecule has 100 valence electrons. The Morgan fingerprint density at radius 1 is 1.44 bits per heavy atom. The molecule has 0 saturated carbocycles. The van der Waals surface area contributed by atoms with Crippen LogP contribution in [0.4, 0.5) is 0 Å². The van der Waals surface area contributed by atoms with Crippen molar-refractivity contribution in [2.45, 2.75) is 18.2 Å². The highest BCUT2D eigenvalue weighted by Gasteiger charge is 2.16. The summed E-state index contributed by atoms with van der Waals surface area (Å²) in [6.45, 7) is 1.54. The summed E-state index contributed by atoms with van der Waals surface area (Å²) in [6, 6.07) is 3.76. The molecule has 0 aliphatic carbocycles. The van der Waals surface area contributed by atoms with Gasteiger partial charge in [0.1, 0.15) is 0 Å². The molecule has 0 aromatic heterocycles. The number of carbonyl (C=O) groups is 1. The van der Waals surface area contributed by atoms with Crippen molar-refractivity contribution in [3.05, 3.63) is 29.3 Å².